The third kappa shape index (κ3) is 3.81. The number of carbonyl (C=O) groups is 1. The minimum absolute atomic E-state index is 0.191. The monoisotopic (exact) mass is 439 g/mol. The van der Waals surface area contributed by atoms with Gasteiger partial charge in [0, 0.05) is 41.0 Å². The Labute approximate surface area is 181 Å². The summed E-state index contributed by atoms with van der Waals surface area (Å²) in [5.41, 5.74) is 2.41. The molecule has 0 saturated heterocycles. The number of fused-ring (bicyclic) bond motifs is 2. The van der Waals surface area contributed by atoms with Crippen LogP contribution in [0.2, 0.25) is 5.02 Å². The van der Waals surface area contributed by atoms with Gasteiger partial charge in [-0.25, -0.2) is 4.98 Å². The minimum atomic E-state index is -0.191. The van der Waals surface area contributed by atoms with E-state index in [1.807, 2.05) is 30.3 Å². The fourth-order valence-electron chi connectivity index (χ4n) is 3.59. The first-order chi connectivity index (χ1) is 14.2. The normalized spacial score (nSPS) is 14.1. The van der Waals surface area contributed by atoms with E-state index in [0.29, 0.717) is 15.0 Å². The van der Waals surface area contributed by atoms with Gasteiger partial charge in [-0.1, -0.05) is 60.1 Å². The second-order valence-corrected chi connectivity index (χ2v) is 9.54. The van der Waals surface area contributed by atoms with Gasteiger partial charge in [0.1, 0.15) is 4.88 Å². The fraction of sp³-hybridized carbons (Fsp3) is 0.182. The smallest absolute Gasteiger partial charge is 0.269 e. The summed E-state index contributed by atoms with van der Waals surface area (Å²) >= 11 is 9.42. The van der Waals surface area contributed by atoms with Crippen molar-refractivity contribution in [3.05, 3.63) is 80.6 Å². The summed E-state index contributed by atoms with van der Waals surface area (Å²) in [4.78, 5) is 21.6. The average Bonchev–Trinajstić information content (AvgIpc) is 3.29. The molecule has 29 heavy (non-hydrogen) atoms. The number of amides is 1. The summed E-state index contributed by atoms with van der Waals surface area (Å²) in [6.45, 7) is 2.76. The van der Waals surface area contributed by atoms with Gasteiger partial charge in [-0.2, -0.15) is 0 Å². The van der Waals surface area contributed by atoms with E-state index in [4.69, 9.17) is 11.6 Å². The highest BCUT2D eigenvalue weighted by Gasteiger charge is 2.23. The molecule has 0 unspecified atom stereocenters. The van der Waals surface area contributed by atoms with Gasteiger partial charge in [0.05, 0.1) is 10.7 Å². The number of carbonyl (C=O) groups excluding carboxylic acids is 1. The van der Waals surface area contributed by atoms with Crippen molar-refractivity contribution in [3.63, 3.8) is 0 Å². The van der Waals surface area contributed by atoms with Crippen LogP contribution in [0.1, 0.15) is 25.8 Å². The van der Waals surface area contributed by atoms with Crippen LogP contribution in [-0.4, -0.2) is 22.3 Å². The van der Waals surface area contributed by atoms with Crippen LogP contribution in [-0.2, 0) is 19.5 Å². The lowest BCUT2D eigenvalue weighted by Crippen LogP contribution is -2.29. The minimum Gasteiger partial charge on any atom is -0.297 e. The number of anilines is 1. The number of aromatic nitrogens is 1. The molecule has 2 aromatic carbocycles. The molecule has 3 heterocycles. The van der Waals surface area contributed by atoms with Crippen LogP contribution in [0.5, 0.6) is 0 Å². The van der Waals surface area contributed by atoms with Crippen LogP contribution >= 0.6 is 34.3 Å². The van der Waals surface area contributed by atoms with Crippen molar-refractivity contribution in [1.82, 2.24) is 9.88 Å². The van der Waals surface area contributed by atoms with Gasteiger partial charge < -0.3 is 0 Å². The molecule has 4 nitrogen and oxygen atoms in total. The van der Waals surface area contributed by atoms with E-state index in [1.54, 1.807) is 11.3 Å². The Morgan fingerprint density at radius 2 is 1.90 bits per heavy atom. The molecular formula is C22H18ClN3OS2. The third-order valence-electron chi connectivity index (χ3n) is 5.02. The molecule has 1 aliphatic rings. The van der Waals surface area contributed by atoms with Gasteiger partial charge >= 0.3 is 0 Å². The number of thiophene rings is 1. The lowest BCUT2D eigenvalue weighted by molar-refractivity contribution is 0.103. The van der Waals surface area contributed by atoms with E-state index < -0.39 is 0 Å². The Morgan fingerprint density at radius 3 is 2.72 bits per heavy atom. The van der Waals surface area contributed by atoms with Crippen LogP contribution in [0.3, 0.4) is 0 Å². The van der Waals surface area contributed by atoms with Crippen LogP contribution in [0.25, 0.3) is 10.1 Å². The quantitative estimate of drug-likeness (QED) is 0.435. The molecule has 0 atom stereocenters. The highest BCUT2D eigenvalue weighted by atomic mass is 35.5. The first-order valence-corrected chi connectivity index (χ1v) is 11.4. The Kier molecular flexibility index (Phi) is 5.09. The molecule has 0 aliphatic carbocycles. The number of hydrogen-bond donors (Lipinski definition) is 1. The van der Waals surface area contributed by atoms with Gasteiger partial charge in [0.25, 0.3) is 5.91 Å². The molecule has 1 amide bonds. The summed E-state index contributed by atoms with van der Waals surface area (Å²) in [5, 5.41) is 5.03. The number of nitrogens with one attached hydrogen (secondary N) is 1. The van der Waals surface area contributed by atoms with E-state index in [9.17, 15) is 4.79 Å². The van der Waals surface area contributed by atoms with Crippen LogP contribution < -0.4 is 5.32 Å². The van der Waals surface area contributed by atoms with Gasteiger partial charge in [0.2, 0.25) is 0 Å². The van der Waals surface area contributed by atoms with Gasteiger partial charge in [0.15, 0.2) is 5.13 Å². The number of benzene rings is 2. The van der Waals surface area contributed by atoms with Crippen molar-refractivity contribution < 1.29 is 4.79 Å². The van der Waals surface area contributed by atoms with Crippen molar-refractivity contribution in [1.29, 1.82) is 0 Å². The summed E-state index contributed by atoms with van der Waals surface area (Å²) in [6, 6.07) is 18.3. The number of thiazole rings is 1. The summed E-state index contributed by atoms with van der Waals surface area (Å²) < 4.78 is 1.01. The van der Waals surface area contributed by atoms with Gasteiger partial charge in [-0.05, 0) is 11.6 Å². The van der Waals surface area contributed by atoms with Crippen LogP contribution in [0, 0.1) is 0 Å². The summed E-state index contributed by atoms with van der Waals surface area (Å²) in [7, 11) is 0. The second kappa shape index (κ2) is 7.88. The molecule has 0 bridgehead atoms. The second-order valence-electron chi connectivity index (χ2n) is 7.03. The Bertz CT molecular complexity index is 1190. The SMILES string of the molecule is O=C(Nc1nc2c(s1)CN(Cc1ccccc1)CC2)c1sc2ccccc2c1Cl. The van der Waals surface area contributed by atoms with E-state index in [2.05, 4.69) is 39.5 Å². The Balaban J connectivity index is 1.31. The van der Waals surface area contributed by atoms with E-state index in [-0.39, 0.29) is 5.91 Å². The largest absolute Gasteiger partial charge is 0.297 e. The number of rotatable bonds is 4. The molecule has 4 aromatic rings. The standard InChI is InChI=1S/C22H18ClN3OS2/c23-19-15-8-4-5-9-17(15)28-20(19)21(27)25-22-24-16-10-11-26(13-18(16)29-22)12-14-6-2-1-3-7-14/h1-9H,10-13H2,(H,24,25,27). The molecular weight excluding hydrogens is 422 g/mol. The Morgan fingerprint density at radius 1 is 1.10 bits per heavy atom. The zero-order chi connectivity index (χ0) is 19.8. The molecule has 146 valence electrons. The van der Waals surface area contributed by atoms with Crippen molar-refractivity contribution in [2.45, 2.75) is 19.5 Å². The highest BCUT2D eigenvalue weighted by Crippen LogP contribution is 2.36. The predicted molar refractivity (Wildman–Crippen MR) is 121 cm³/mol. The zero-order valence-electron chi connectivity index (χ0n) is 15.5. The van der Waals surface area contributed by atoms with Crippen molar-refractivity contribution >= 4 is 55.4 Å². The molecule has 0 spiro atoms. The number of halogens is 1. The third-order valence-corrected chi connectivity index (χ3v) is 7.69. The molecule has 0 fully saturated rings. The van der Waals surface area contributed by atoms with Crippen LogP contribution in [0.4, 0.5) is 5.13 Å². The first-order valence-electron chi connectivity index (χ1n) is 9.40. The van der Waals surface area contributed by atoms with E-state index in [0.717, 1.165) is 41.8 Å². The van der Waals surface area contributed by atoms with Gasteiger partial charge in [-0.3, -0.25) is 15.0 Å². The maximum atomic E-state index is 12.8. The molecule has 5 rings (SSSR count). The van der Waals surface area contributed by atoms with E-state index >= 15 is 0 Å². The summed E-state index contributed by atoms with van der Waals surface area (Å²) in [5.74, 6) is -0.191. The maximum Gasteiger partial charge on any atom is 0.269 e. The van der Waals surface area contributed by atoms with Crippen molar-refractivity contribution in [2.75, 3.05) is 11.9 Å². The lowest BCUT2D eigenvalue weighted by atomic mass is 10.1. The predicted octanol–water partition coefficient (Wildman–Crippen LogP) is 5.82. The fourth-order valence-corrected chi connectivity index (χ4v) is 6.05. The maximum absolute atomic E-state index is 12.8. The molecule has 1 aliphatic heterocycles. The van der Waals surface area contributed by atoms with Crippen molar-refractivity contribution in [3.8, 4) is 0 Å². The first kappa shape index (κ1) is 18.8. The van der Waals surface area contributed by atoms with Crippen molar-refractivity contribution in [2.24, 2.45) is 0 Å². The average molecular weight is 440 g/mol. The lowest BCUT2D eigenvalue weighted by Gasteiger charge is -2.25. The summed E-state index contributed by atoms with van der Waals surface area (Å²) in [6.07, 6.45) is 0.901. The molecule has 2 aromatic heterocycles. The highest BCUT2D eigenvalue weighted by molar-refractivity contribution is 7.22. The molecule has 1 N–H and O–H groups in total. The Hall–Kier alpha value is -2.25. The molecule has 0 radical (unpaired) electrons. The number of hydrogen-bond acceptors (Lipinski definition) is 5. The van der Waals surface area contributed by atoms with Crippen LogP contribution in [0.15, 0.2) is 54.6 Å². The van der Waals surface area contributed by atoms with Gasteiger partial charge in [-0.15, -0.1) is 22.7 Å². The molecule has 7 heteroatoms. The number of nitrogens with zero attached hydrogens (tertiary/aromatic N) is 2. The topological polar surface area (TPSA) is 45.2 Å². The zero-order valence-corrected chi connectivity index (χ0v) is 17.9. The molecule has 0 saturated carbocycles. The van der Waals surface area contributed by atoms with E-state index in [1.165, 1.54) is 21.8 Å².